The molecule has 3 amide bonds. The lowest BCUT2D eigenvalue weighted by Gasteiger charge is -2.33. The van der Waals surface area contributed by atoms with E-state index in [4.69, 9.17) is 9.47 Å². The second kappa shape index (κ2) is 8.59. The highest BCUT2D eigenvalue weighted by molar-refractivity contribution is 6.09. The van der Waals surface area contributed by atoms with E-state index in [1.54, 1.807) is 38.5 Å². The molecule has 2 heterocycles. The maximum Gasteiger partial charge on any atom is 0.326 e. The van der Waals surface area contributed by atoms with Crippen LogP contribution in [0, 0.1) is 5.92 Å². The van der Waals surface area contributed by atoms with Crippen LogP contribution in [0.3, 0.4) is 0 Å². The lowest BCUT2D eigenvalue weighted by Crippen LogP contribution is -2.47. The van der Waals surface area contributed by atoms with Crippen molar-refractivity contribution in [2.45, 2.75) is 25.3 Å². The molecule has 4 rings (SSSR count). The quantitative estimate of drug-likeness (QED) is 0.723. The Hall–Kier alpha value is -3.06. The van der Waals surface area contributed by atoms with Crippen molar-refractivity contribution < 1.29 is 19.1 Å². The zero-order valence-electron chi connectivity index (χ0n) is 18.3. The molecule has 0 saturated carbocycles. The number of piperidine rings is 1. The molecule has 1 atom stereocenters. The fourth-order valence-electron chi connectivity index (χ4n) is 4.56. The van der Waals surface area contributed by atoms with E-state index in [-0.39, 0.29) is 11.9 Å². The highest BCUT2D eigenvalue weighted by Gasteiger charge is 2.54. The molecule has 164 valence electrons. The van der Waals surface area contributed by atoms with Crippen LogP contribution in [-0.4, -0.2) is 55.7 Å². The van der Waals surface area contributed by atoms with Gasteiger partial charge in [0.1, 0.15) is 11.5 Å². The summed E-state index contributed by atoms with van der Waals surface area (Å²) in [7, 11) is 3.19. The van der Waals surface area contributed by atoms with Gasteiger partial charge in [-0.2, -0.15) is 0 Å². The minimum Gasteiger partial charge on any atom is -0.497 e. The van der Waals surface area contributed by atoms with E-state index in [1.165, 1.54) is 11.3 Å². The number of nitrogens with zero attached hydrogens (tertiary/aromatic N) is 2. The summed E-state index contributed by atoms with van der Waals surface area (Å²) < 4.78 is 10.5. The maximum absolute atomic E-state index is 13.9. The molecule has 2 aromatic carbocycles. The average molecular weight is 424 g/mol. The van der Waals surface area contributed by atoms with Crippen molar-refractivity contribution in [3.63, 3.8) is 0 Å². The van der Waals surface area contributed by atoms with Crippen LogP contribution in [0.15, 0.2) is 48.5 Å². The Morgan fingerprint density at radius 3 is 2.00 bits per heavy atom. The molecule has 31 heavy (non-hydrogen) atoms. The van der Waals surface area contributed by atoms with Crippen LogP contribution in [0.2, 0.25) is 0 Å². The SMILES string of the molecule is COc1ccc(C2(c3ccc(OC)cc3)NC(=O)N(CN3CCC[C@H](C)C3)C2=O)cc1. The number of urea groups is 1. The average Bonchev–Trinajstić information content (AvgIpc) is 3.05. The predicted molar refractivity (Wildman–Crippen MR) is 117 cm³/mol. The maximum atomic E-state index is 13.9. The zero-order chi connectivity index (χ0) is 22.0. The smallest absolute Gasteiger partial charge is 0.326 e. The number of benzene rings is 2. The fraction of sp³-hybridized carbons (Fsp3) is 0.417. The highest BCUT2D eigenvalue weighted by Crippen LogP contribution is 2.37. The van der Waals surface area contributed by atoms with Gasteiger partial charge in [-0.25, -0.2) is 9.69 Å². The van der Waals surface area contributed by atoms with Crippen LogP contribution in [0.25, 0.3) is 0 Å². The van der Waals surface area contributed by atoms with Gasteiger partial charge in [-0.3, -0.25) is 9.69 Å². The topological polar surface area (TPSA) is 71.1 Å². The lowest BCUT2D eigenvalue weighted by molar-refractivity contribution is -0.132. The van der Waals surface area contributed by atoms with E-state index in [0.717, 1.165) is 19.5 Å². The van der Waals surface area contributed by atoms with E-state index in [0.29, 0.717) is 35.2 Å². The Bertz CT molecular complexity index is 895. The van der Waals surface area contributed by atoms with Gasteiger partial charge in [-0.15, -0.1) is 0 Å². The third-order valence-electron chi connectivity index (χ3n) is 6.23. The van der Waals surface area contributed by atoms with Crippen LogP contribution in [-0.2, 0) is 10.3 Å². The van der Waals surface area contributed by atoms with Crippen molar-refractivity contribution in [2.75, 3.05) is 34.0 Å². The van der Waals surface area contributed by atoms with Crippen LogP contribution in [0.5, 0.6) is 11.5 Å². The molecule has 2 aliphatic heterocycles. The Morgan fingerprint density at radius 2 is 1.52 bits per heavy atom. The number of carbonyl (C=O) groups is 2. The monoisotopic (exact) mass is 423 g/mol. The van der Waals surface area contributed by atoms with Gasteiger partial charge in [0, 0.05) is 6.54 Å². The number of imide groups is 1. The van der Waals surface area contributed by atoms with Gasteiger partial charge in [0.15, 0.2) is 5.54 Å². The molecule has 0 aromatic heterocycles. The molecule has 2 aromatic rings. The van der Waals surface area contributed by atoms with E-state index < -0.39 is 5.54 Å². The third kappa shape index (κ3) is 3.85. The second-order valence-corrected chi connectivity index (χ2v) is 8.34. The van der Waals surface area contributed by atoms with Crippen molar-refractivity contribution in [3.8, 4) is 11.5 Å². The highest BCUT2D eigenvalue weighted by atomic mass is 16.5. The molecule has 2 fully saturated rings. The van der Waals surface area contributed by atoms with Crippen molar-refractivity contribution in [3.05, 3.63) is 59.7 Å². The van der Waals surface area contributed by atoms with Crippen molar-refractivity contribution in [1.29, 1.82) is 0 Å². The summed E-state index contributed by atoms with van der Waals surface area (Å²) in [5.41, 5.74) is 0.0782. The van der Waals surface area contributed by atoms with Gasteiger partial charge >= 0.3 is 6.03 Å². The van der Waals surface area contributed by atoms with E-state index in [9.17, 15) is 9.59 Å². The number of amides is 3. The Labute approximate surface area is 182 Å². The van der Waals surface area contributed by atoms with Crippen molar-refractivity contribution in [1.82, 2.24) is 15.1 Å². The summed E-state index contributed by atoms with van der Waals surface area (Å²) >= 11 is 0. The van der Waals surface area contributed by atoms with Gasteiger partial charge in [-0.05, 0) is 60.7 Å². The van der Waals surface area contributed by atoms with Gasteiger partial charge in [-0.1, -0.05) is 31.2 Å². The van der Waals surface area contributed by atoms with E-state index in [1.807, 2.05) is 24.3 Å². The minimum absolute atomic E-state index is 0.272. The molecule has 2 saturated heterocycles. The van der Waals surface area contributed by atoms with Crippen LogP contribution < -0.4 is 14.8 Å². The molecule has 1 N–H and O–H groups in total. The number of methoxy groups -OCH3 is 2. The summed E-state index contributed by atoms with van der Waals surface area (Å²) in [5.74, 6) is 1.66. The Balaban J connectivity index is 1.73. The molecular formula is C24H29N3O4. The first-order chi connectivity index (χ1) is 15.0. The standard InChI is InChI=1S/C24H29N3O4/c1-17-5-4-14-26(15-17)16-27-22(28)24(25-23(27)29,18-6-10-20(30-2)11-7-18)19-8-12-21(31-3)13-9-19/h6-13,17H,4-5,14-16H2,1-3H3,(H,25,29)/t17-/m0/s1. The predicted octanol–water partition coefficient (Wildman–Crippen LogP) is 3.19. The van der Waals surface area contributed by atoms with Crippen molar-refractivity contribution in [2.24, 2.45) is 5.92 Å². The first-order valence-electron chi connectivity index (χ1n) is 10.6. The summed E-state index contributed by atoms with van der Waals surface area (Å²) in [5, 5.41) is 3.00. The van der Waals surface area contributed by atoms with Gasteiger partial charge < -0.3 is 14.8 Å². The first-order valence-corrected chi connectivity index (χ1v) is 10.6. The lowest BCUT2D eigenvalue weighted by atomic mass is 9.82. The number of rotatable bonds is 6. The van der Waals surface area contributed by atoms with Crippen molar-refractivity contribution >= 4 is 11.9 Å². The number of likely N-dealkylation sites (tertiary alicyclic amines) is 1. The molecule has 0 spiro atoms. The minimum atomic E-state index is -1.29. The molecule has 0 aliphatic carbocycles. The number of hydrogen-bond acceptors (Lipinski definition) is 5. The Morgan fingerprint density at radius 1 is 0.968 bits per heavy atom. The number of nitrogens with one attached hydrogen (secondary N) is 1. The second-order valence-electron chi connectivity index (χ2n) is 8.34. The van der Waals surface area contributed by atoms with Gasteiger partial charge in [0.05, 0.1) is 20.9 Å². The molecule has 2 aliphatic rings. The molecule has 0 radical (unpaired) electrons. The van der Waals surface area contributed by atoms with Gasteiger partial charge in [0.2, 0.25) is 0 Å². The van der Waals surface area contributed by atoms with E-state index >= 15 is 0 Å². The largest absolute Gasteiger partial charge is 0.497 e. The Kier molecular flexibility index (Phi) is 5.87. The number of hydrogen-bond donors (Lipinski definition) is 1. The van der Waals surface area contributed by atoms with Crippen LogP contribution in [0.1, 0.15) is 30.9 Å². The summed E-state index contributed by atoms with van der Waals surface area (Å²) in [4.78, 5) is 30.4. The molecule has 0 bridgehead atoms. The zero-order valence-corrected chi connectivity index (χ0v) is 18.3. The van der Waals surface area contributed by atoms with Gasteiger partial charge in [0.25, 0.3) is 5.91 Å². The number of carbonyl (C=O) groups excluding carboxylic acids is 2. The van der Waals surface area contributed by atoms with E-state index in [2.05, 4.69) is 17.1 Å². The number of ether oxygens (including phenoxy) is 2. The molecule has 7 heteroatoms. The fourth-order valence-corrected chi connectivity index (χ4v) is 4.56. The molecule has 7 nitrogen and oxygen atoms in total. The van der Waals surface area contributed by atoms with Crippen LogP contribution in [0.4, 0.5) is 4.79 Å². The summed E-state index contributed by atoms with van der Waals surface area (Å²) in [6.45, 7) is 4.27. The summed E-state index contributed by atoms with van der Waals surface area (Å²) in [6, 6.07) is 14.1. The molecular weight excluding hydrogens is 394 g/mol. The first kappa shape index (κ1) is 21.2. The normalized spacial score (nSPS) is 21.1. The molecule has 0 unspecified atom stereocenters. The summed E-state index contributed by atoms with van der Waals surface area (Å²) in [6.07, 6.45) is 2.26. The van der Waals surface area contributed by atoms with Crippen LogP contribution >= 0.6 is 0 Å². The third-order valence-corrected chi connectivity index (χ3v) is 6.23.